The van der Waals surface area contributed by atoms with Crippen LogP contribution in [0.2, 0.25) is 0 Å². The van der Waals surface area contributed by atoms with Crippen LogP contribution in [0.3, 0.4) is 0 Å². The van der Waals surface area contributed by atoms with Gasteiger partial charge in [0, 0.05) is 29.6 Å². The quantitative estimate of drug-likeness (QED) is 0.0740. The first-order valence-corrected chi connectivity index (χ1v) is 21.6. The number of aromatic amines is 1. The minimum absolute atomic E-state index is 0.0000250. The van der Waals surface area contributed by atoms with E-state index in [2.05, 4.69) is 59.7 Å². The second-order valence-electron chi connectivity index (χ2n) is 14.4. The van der Waals surface area contributed by atoms with Gasteiger partial charge in [0.05, 0.1) is 22.5 Å². The molecule has 0 aliphatic carbocycles. The highest BCUT2D eigenvalue weighted by molar-refractivity contribution is 7.99. The van der Waals surface area contributed by atoms with Crippen LogP contribution in [0, 0.1) is 0 Å². The van der Waals surface area contributed by atoms with E-state index in [-0.39, 0.29) is 18.4 Å². The molecule has 10 heteroatoms. The zero-order valence-electron chi connectivity index (χ0n) is 30.9. The number of rotatable bonds is 23. The van der Waals surface area contributed by atoms with E-state index in [9.17, 15) is 18.0 Å². The lowest BCUT2D eigenvalue weighted by atomic mass is 10.0. The van der Waals surface area contributed by atoms with Crippen LogP contribution in [0.5, 0.6) is 0 Å². The van der Waals surface area contributed by atoms with Gasteiger partial charge in [-0.15, -0.1) is 23.1 Å². The SMILES string of the molecule is CCCCCCCCCCNC[C@@H]1CSCN1C(=O)c1nc(-c2cc3ccccc3[nH]2)sc1-c1ccc(CCCCCCCCCC(F)(F)F)cc1. The molecule has 0 radical (unpaired) electrons. The Morgan fingerprint density at radius 2 is 1.56 bits per heavy atom. The molecule has 1 saturated heterocycles. The Labute approximate surface area is 317 Å². The van der Waals surface area contributed by atoms with Gasteiger partial charge in [0.2, 0.25) is 0 Å². The van der Waals surface area contributed by atoms with Gasteiger partial charge in [0.15, 0.2) is 0 Å². The molecule has 52 heavy (non-hydrogen) atoms. The van der Waals surface area contributed by atoms with Crippen molar-refractivity contribution in [2.45, 2.75) is 128 Å². The number of carbonyl (C=O) groups is 1. The Morgan fingerprint density at radius 3 is 2.27 bits per heavy atom. The van der Waals surface area contributed by atoms with E-state index in [0.717, 1.165) is 89.4 Å². The second kappa shape index (κ2) is 21.2. The highest BCUT2D eigenvalue weighted by Crippen LogP contribution is 2.38. The van der Waals surface area contributed by atoms with Crippen molar-refractivity contribution < 1.29 is 18.0 Å². The second-order valence-corrected chi connectivity index (χ2v) is 16.4. The minimum Gasteiger partial charge on any atom is -0.353 e. The lowest BCUT2D eigenvalue weighted by Gasteiger charge is -2.24. The number of amides is 1. The van der Waals surface area contributed by atoms with E-state index in [1.165, 1.54) is 56.9 Å². The summed E-state index contributed by atoms with van der Waals surface area (Å²) in [5, 5.41) is 5.58. The summed E-state index contributed by atoms with van der Waals surface area (Å²) in [5.41, 5.74) is 4.74. The summed E-state index contributed by atoms with van der Waals surface area (Å²) in [4.78, 5) is 25.8. The molecule has 4 aromatic rings. The van der Waals surface area contributed by atoms with Gasteiger partial charge < -0.3 is 15.2 Å². The maximum Gasteiger partial charge on any atom is 0.389 e. The van der Waals surface area contributed by atoms with Gasteiger partial charge in [0.1, 0.15) is 10.7 Å². The summed E-state index contributed by atoms with van der Waals surface area (Å²) < 4.78 is 37.0. The van der Waals surface area contributed by atoms with Crippen molar-refractivity contribution in [2.75, 3.05) is 24.7 Å². The molecule has 5 nitrogen and oxygen atoms in total. The van der Waals surface area contributed by atoms with Gasteiger partial charge >= 0.3 is 6.18 Å². The lowest BCUT2D eigenvalue weighted by molar-refractivity contribution is -0.135. The summed E-state index contributed by atoms with van der Waals surface area (Å²) in [7, 11) is 0. The number of nitrogens with one attached hydrogen (secondary N) is 2. The van der Waals surface area contributed by atoms with E-state index in [0.29, 0.717) is 18.0 Å². The molecule has 1 aliphatic heterocycles. The van der Waals surface area contributed by atoms with Crippen LogP contribution in [-0.4, -0.2) is 57.7 Å². The van der Waals surface area contributed by atoms with E-state index >= 15 is 0 Å². The first kappa shape index (κ1) is 40.4. The summed E-state index contributed by atoms with van der Waals surface area (Å²) in [6.45, 7) is 4.05. The molecule has 0 saturated carbocycles. The van der Waals surface area contributed by atoms with E-state index in [1.807, 2.05) is 28.8 Å². The van der Waals surface area contributed by atoms with Gasteiger partial charge in [-0.1, -0.05) is 126 Å². The first-order valence-electron chi connectivity index (χ1n) is 19.7. The number of H-pyrrole nitrogens is 1. The number of halogens is 3. The fourth-order valence-corrected chi connectivity index (χ4v) is 9.22. The molecule has 2 N–H and O–H groups in total. The molecular weight excluding hydrogens is 698 g/mol. The molecule has 0 bridgehead atoms. The van der Waals surface area contributed by atoms with Crippen LogP contribution in [-0.2, 0) is 6.42 Å². The maximum absolute atomic E-state index is 14.3. The Balaban J connectivity index is 1.18. The van der Waals surface area contributed by atoms with E-state index < -0.39 is 12.6 Å². The fraction of sp³-hybridized carbons (Fsp3) is 0.571. The smallest absolute Gasteiger partial charge is 0.353 e. The highest BCUT2D eigenvalue weighted by Gasteiger charge is 2.33. The molecule has 1 fully saturated rings. The zero-order chi connectivity index (χ0) is 36.6. The predicted molar refractivity (Wildman–Crippen MR) is 214 cm³/mol. The molecule has 284 valence electrons. The number of thiazole rings is 1. The lowest BCUT2D eigenvalue weighted by Crippen LogP contribution is -2.43. The molecule has 2 aromatic heterocycles. The maximum atomic E-state index is 14.3. The monoisotopic (exact) mass is 754 g/mol. The Kier molecular flexibility index (Phi) is 16.4. The van der Waals surface area contributed by atoms with Crippen LogP contribution in [0.1, 0.15) is 126 Å². The topological polar surface area (TPSA) is 61.0 Å². The minimum atomic E-state index is -4.04. The number of alkyl halides is 3. The summed E-state index contributed by atoms with van der Waals surface area (Å²) in [6.07, 6.45) is 12.6. The highest BCUT2D eigenvalue weighted by atomic mass is 32.2. The van der Waals surface area contributed by atoms with Gasteiger partial charge in [-0.2, -0.15) is 13.2 Å². The number of hydrogen-bond donors (Lipinski definition) is 2. The van der Waals surface area contributed by atoms with E-state index in [4.69, 9.17) is 4.98 Å². The number of carbonyl (C=O) groups excluding carboxylic acids is 1. The average molecular weight is 755 g/mol. The summed E-state index contributed by atoms with van der Waals surface area (Å²) >= 11 is 3.38. The molecule has 1 atom stereocenters. The molecule has 5 rings (SSSR count). The number of aryl methyl sites for hydroxylation is 1. The Morgan fingerprint density at radius 1 is 0.885 bits per heavy atom. The van der Waals surface area contributed by atoms with Crippen molar-refractivity contribution in [1.29, 1.82) is 0 Å². The predicted octanol–water partition coefficient (Wildman–Crippen LogP) is 12.4. The zero-order valence-corrected chi connectivity index (χ0v) is 32.5. The molecular formula is C42H57F3N4OS2. The van der Waals surface area contributed by atoms with Gasteiger partial charge in [-0.05, 0) is 55.5 Å². The van der Waals surface area contributed by atoms with E-state index in [1.54, 1.807) is 11.3 Å². The first-order chi connectivity index (χ1) is 25.3. The molecule has 0 spiro atoms. The van der Waals surface area contributed by atoms with Gasteiger partial charge in [0.25, 0.3) is 5.91 Å². The van der Waals surface area contributed by atoms with Crippen molar-refractivity contribution in [3.8, 4) is 21.1 Å². The van der Waals surface area contributed by atoms with Crippen molar-refractivity contribution in [1.82, 2.24) is 20.2 Å². The molecule has 0 unspecified atom stereocenters. The van der Waals surface area contributed by atoms with Crippen LogP contribution in [0.4, 0.5) is 13.2 Å². The van der Waals surface area contributed by atoms with Crippen LogP contribution in [0.25, 0.3) is 32.0 Å². The molecule has 2 aromatic carbocycles. The normalized spacial score (nSPS) is 14.9. The third kappa shape index (κ3) is 12.7. The van der Waals surface area contributed by atoms with Gasteiger partial charge in [-0.3, -0.25) is 4.79 Å². The number of unbranched alkanes of at least 4 members (excludes halogenated alkanes) is 13. The molecule has 1 aliphatic rings. The molecule has 1 amide bonds. The average Bonchev–Trinajstić information content (AvgIpc) is 3.90. The fourth-order valence-electron chi connectivity index (χ4n) is 6.99. The van der Waals surface area contributed by atoms with Crippen LogP contribution < -0.4 is 5.32 Å². The van der Waals surface area contributed by atoms with Crippen molar-refractivity contribution >= 4 is 39.9 Å². The van der Waals surface area contributed by atoms with Crippen molar-refractivity contribution in [2.24, 2.45) is 0 Å². The van der Waals surface area contributed by atoms with Crippen molar-refractivity contribution in [3.63, 3.8) is 0 Å². The summed E-state index contributed by atoms with van der Waals surface area (Å²) in [5.74, 6) is 1.60. The largest absolute Gasteiger partial charge is 0.389 e. The number of para-hydroxylation sites is 1. The third-order valence-corrected chi connectivity index (χ3v) is 12.3. The van der Waals surface area contributed by atoms with Crippen LogP contribution in [0.15, 0.2) is 54.6 Å². The van der Waals surface area contributed by atoms with Crippen molar-refractivity contribution in [3.05, 3.63) is 65.9 Å². The number of nitrogens with zero attached hydrogens (tertiary/aromatic N) is 2. The number of hydrogen-bond acceptors (Lipinski definition) is 5. The standard InChI is InChI=1S/C42H57F3N4OS2/c1-2-3-4-5-6-10-13-18-27-46-29-35-30-51-31-49(35)41(50)38-39(52-40(48-38)37-28-34-20-15-16-21-36(34)47-37)33-24-22-32(23-25-33)19-14-11-8-7-9-12-17-26-42(43,44)45/h15-16,20-25,28,35,46-47H,2-14,17-19,26-27,29-31H2,1H3/t35-/m1/s1. The number of aromatic nitrogens is 2. The molecule has 3 heterocycles. The Hall–Kier alpha value is -2.82. The number of thioether (sulfide) groups is 1. The van der Waals surface area contributed by atoms with Crippen LogP contribution >= 0.6 is 23.1 Å². The Bertz CT molecular complexity index is 1600. The van der Waals surface area contributed by atoms with Gasteiger partial charge in [-0.25, -0.2) is 4.98 Å². The number of benzene rings is 2. The summed E-state index contributed by atoms with van der Waals surface area (Å²) in [6, 6.07) is 19.0. The number of fused-ring (bicyclic) bond motifs is 1. The third-order valence-electron chi connectivity index (χ3n) is 10.1.